The van der Waals surface area contributed by atoms with Gasteiger partial charge >= 0.3 is 0 Å². The first kappa shape index (κ1) is 13.3. The molecule has 1 aromatic heterocycles. The molecule has 0 aliphatic carbocycles. The normalized spacial score (nSPS) is 15.9. The molecule has 0 unspecified atom stereocenters. The summed E-state index contributed by atoms with van der Waals surface area (Å²) in [6, 6.07) is 5.92. The van der Waals surface area contributed by atoms with Crippen LogP contribution in [0.5, 0.6) is 0 Å². The number of carbonyl (C=O) groups excluding carboxylic acids is 1. The number of rotatable bonds is 2. The number of hydrogen-bond acceptors (Lipinski definition) is 4. The van der Waals surface area contributed by atoms with Gasteiger partial charge in [0.1, 0.15) is 5.82 Å². The number of carbonyl (C=O) groups is 1. The Morgan fingerprint density at radius 3 is 2.58 bits per heavy atom. The molecule has 0 aromatic carbocycles. The van der Waals surface area contributed by atoms with E-state index in [1.807, 2.05) is 25.1 Å². The van der Waals surface area contributed by atoms with Crippen LogP contribution in [0.15, 0.2) is 18.3 Å². The zero-order valence-corrected chi connectivity index (χ0v) is 11.3. The maximum absolute atomic E-state index is 12.3. The van der Waals surface area contributed by atoms with Gasteiger partial charge in [-0.25, -0.2) is 4.98 Å². The van der Waals surface area contributed by atoms with Crippen LogP contribution in [0.2, 0.25) is 0 Å². The van der Waals surface area contributed by atoms with Crippen molar-refractivity contribution in [2.45, 2.75) is 12.8 Å². The monoisotopic (exact) mass is 258 g/mol. The molecule has 0 atom stereocenters. The second-order valence-electron chi connectivity index (χ2n) is 5.00. The maximum Gasteiger partial charge on any atom is 0.255 e. The number of pyridine rings is 1. The first-order valence-corrected chi connectivity index (χ1v) is 6.44. The van der Waals surface area contributed by atoms with Gasteiger partial charge in [0.2, 0.25) is 0 Å². The molecule has 1 amide bonds. The number of anilines is 1. The molecule has 1 fully saturated rings. The Labute approximate surface area is 113 Å². The lowest BCUT2D eigenvalue weighted by molar-refractivity contribution is 0.0707. The highest BCUT2D eigenvalue weighted by Gasteiger charge is 2.23. The highest BCUT2D eigenvalue weighted by Crippen LogP contribution is 2.18. The van der Waals surface area contributed by atoms with Crippen molar-refractivity contribution in [3.05, 3.63) is 23.9 Å². The molecule has 0 saturated carbocycles. The molecule has 19 heavy (non-hydrogen) atoms. The SMILES string of the molecule is CN(C)c1ccc(C(=O)N2CCC(C#N)CC2)cn1. The van der Waals surface area contributed by atoms with Gasteiger partial charge < -0.3 is 9.80 Å². The summed E-state index contributed by atoms with van der Waals surface area (Å²) < 4.78 is 0. The third-order valence-electron chi connectivity index (χ3n) is 3.42. The van der Waals surface area contributed by atoms with Crippen LogP contribution in [0.1, 0.15) is 23.2 Å². The molecule has 0 N–H and O–H groups in total. The number of piperidine rings is 1. The van der Waals surface area contributed by atoms with E-state index < -0.39 is 0 Å². The zero-order valence-electron chi connectivity index (χ0n) is 11.3. The summed E-state index contributed by atoms with van der Waals surface area (Å²) in [5, 5.41) is 8.85. The van der Waals surface area contributed by atoms with Crippen molar-refractivity contribution in [2.75, 3.05) is 32.1 Å². The predicted octanol–water partition coefficient (Wildman–Crippen LogP) is 1.52. The van der Waals surface area contributed by atoms with Crippen molar-refractivity contribution < 1.29 is 4.79 Å². The minimum Gasteiger partial charge on any atom is -0.363 e. The van der Waals surface area contributed by atoms with Crippen molar-refractivity contribution >= 4 is 11.7 Å². The summed E-state index contributed by atoms with van der Waals surface area (Å²) in [5.41, 5.74) is 0.612. The molecule has 0 bridgehead atoms. The number of nitriles is 1. The summed E-state index contributed by atoms with van der Waals surface area (Å²) in [5.74, 6) is 0.937. The Morgan fingerprint density at radius 1 is 1.42 bits per heavy atom. The fourth-order valence-electron chi connectivity index (χ4n) is 2.17. The van der Waals surface area contributed by atoms with Crippen LogP contribution >= 0.6 is 0 Å². The van der Waals surface area contributed by atoms with Gasteiger partial charge in [-0.1, -0.05) is 0 Å². The molecule has 5 nitrogen and oxygen atoms in total. The van der Waals surface area contributed by atoms with E-state index in [9.17, 15) is 4.79 Å². The van der Waals surface area contributed by atoms with Crippen LogP contribution in [-0.4, -0.2) is 43.0 Å². The fraction of sp³-hybridized carbons (Fsp3) is 0.500. The number of nitrogens with zero attached hydrogens (tertiary/aromatic N) is 4. The predicted molar refractivity (Wildman–Crippen MR) is 72.8 cm³/mol. The fourth-order valence-corrected chi connectivity index (χ4v) is 2.17. The van der Waals surface area contributed by atoms with Gasteiger partial charge in [0.15, 0.2) is 0 Å². The quantitative estimate of drug-likeness (QED) is 0.807. The van der Waals surface area contributed by atoms with Crippen LogP contribution < -0.4 is 4.90 Å². The summed E-state index contributed by atoms with van der Waals surface area (Å²) in [7, 11) is 3.83. The van der Waals surface area contributed by atoms with E-state index in [-0.39, 0.29) is 11.8 Å². The second kappa shape index (κ2) is 5.70. The molecular weight excluding hydrogens is 240 g/mol. The molecule has 1 aliphatic heterocycles. The van der Waals surface area contributed by atoms with Crippen LogP contribution in [-0.2, 0) is 0 Å². The van der Waals surface area contributed by atoms with Gasteiger partial charge in [-0.2, -0.15) is 5.26 Å². The zero-order chi connectivity index (χ0) is 13.8. The van der Waals surface area contributed by atoms with Crippen molar-refractivity contribution in [1.29, 1.82) is 5.26 Å². The Morgan fingerprint density at radius 2 is 2.11 bits per heavy atom. The standard InChI is InChI=1S/C14H18N4O/c1-17(2)13-4-3-12(10-16-13)14(19)18-7-5-11(9-15)6-8-18/h3-4,10-11H,5-8H2,1-2H3. The van der Waals surface area contributed by atoms with Gasteiger partial charge in [-0.3, -0.25) is 4.79 Å². The number of hydrogen-bond donors (Lipinski definition) is 0. The van der Waals surface area contributed by atoms with Gasteiger partial charge in [-0.05, 0) is 25.0 Å². The van der Waals surface area contributed by atoms with Gasteiger partial charge in [-0.15, -0.1) is 0 Å². The maximum atomic E-state index is 12.3. The van der Waals surface area contributed by atoms with Crippen molar-refractivity contribution in [1.82, 2.24) is 9.88 Å². The molecule has 5 heteroatoms. The number of likely N-dealkylation sites (tertiary alicyclic amines) is 1. The Bertz CT molecular complexity index is 481. The van der Waals surface area contributed by atoms with Crippen LogP contribution in [0.4, 0.5) is 5.82 Å². The summed E-state index contributed by atoms with van der Waals surface area (Å²) in [4.78, 5) is 20.2. The molecule has 2 rings (SSSR count). The molecular formula is C14H18N4O. The van der Waals surface area contributed by atoms with Gasteiger partial charge in [0.25, 0.3) is 5.91 Å². The van der Waals surface area contributed by atoms with Gasteiger partial charge in [0.05, 0.1) is 11.6 Å². The van der Waals surface area contributed by atoms with Crippen LogP contribution in [0.25, 0.3) is 0 Å². The summed E-state index contributed by atoms with van der Waals surface area (Å²) >= 11 is 0. The molecule has 1 aromatic rings. The Hall–Kier alpha value is -2.09. The van der Waals surface area contributed by atoms with E-state index in [1.165, 1.54) is 0 Å². The van der Waals surface area contributed by atoms with E-state index >= 15 is 0 Å². The van der Waals surface area contributed by atoms with E-state index in [2.05, 4.69) is 11.1 Å². The first-order valence-electron chi connectivity index (χ1n) is 6.44. The molecule has 100 valence electrons. The molecule has 1 aliphatic rings. The van der Waals surface area contributed by atoms with E-state index in [1.54, 1.807) is 17.2 Å². The number of aromatic nitrogens is 1. The molecule has 0 spiro atoms. The molecule has 2 heterocycles. The molecule has 1 saturated heterocycles. The van der Waals surface area contributed by atoms with Gasteiger partial charge in [0, 0.05) is 39.3 Å². The van der Waals surface area contributed by atoms with Crippen LogP contribution in [0, 0.1) is 17.2 Å². The highest BCUT2D eigenvalue weighted by atomic mass is 16.2. The van der Waals surface area contributed by atoms with E-state index in [0.29, 0.717) is 18.7 Å². The minimum absolute atomic E-state index is 0.00851. The van der Waals surface area contributed by atoms with Crippen molar-refractivity contribution in [2.24, 2.45) is 5.92 Å². The lowest BCUT2D eigenvalue weighted by Gasteiger charge is -2.29. The van der Waals surface area contributed by atoms with E-state index in [0.717, 1.165) is 18.7 Å². The smallest absolute Gasteiger partial charge is 0.255 e. The Balaban J connectivity index is 2.02. The second-order valence-corrected chi connectivity index (χ2v) is 5.00. The topological polar surface area (TPSA) is 60.2 Å². The highest BCUT2D eigenvalue weighted by molar-refractivity contribution is 5.94. The van der Waals surface area contributed by atoms with E-state index in [4.69, 9.17) is 5.26 Å². The first-order chi connectivity index (χ1) is 9.11. The third kappa shape index (κ3) is 3.02. The lowest BCUT2D eigenvalue weighted by Crippen LogP contribution is -2.38. The minimum atomic E-state index is 0.00851. The lowest BCUT2D eigenvalue weighted by atomic mass is 9.98. The average molecular weight is 258 g/mol. The molecule has 0 radical (unpaired) electrons. The number of amides is 1. The largest absolute Gasteiger partial charge is 0.363 e. The van der Waals surface area contributed by atoms with Crippen molar-refractivity contribution in [3.8, 4) is 6.07 Å². The summed E-state index contributed by atoms with van der Waals surface area (Å²) in [6.45, 7) is 1.32. The van der Waals surface area contributed by atoms with Crippen LogP contribution in [0.3, 0.4) is 0 Å². The van der Waals surface area contributed by atoms with Crippen molar-refractivity contribution in [3.63, 3.8) is 0 Å². The Kier molecular flexibility index (Phi) is 4.00. The summed E-state index contributed by atoms with van der Waals surface area (Å²) in [6.07, 6.45) is 3.16. The average Bonchev–Trinajstić information content (AvgIpc) is 2.46. The third-order valence-corrected chi connectivity index (χ3v) is 3.42.